The van der Waals surface area contributed by atoms with Crippen molar-refractivity contribution in [1.29, 1.82) is 0 Å². The van der Waals surface area contributed by atoms with Crippen molar-refractivity contribution in [2.24, 2.45) is 5.92 Å². The Morgan fingerprint density at radius 2 is 1.84 bits per heavy atom. The number of amides is 3. The second-order valence-corrected chi connectivity index (χ2v) is 12.6. The molecule has 0 bridgehead atoms. The molecule has 1 aliphatic heterocycles. The van der Waals surface area contributed by atoms with Crippen LogP contribution in [0, 0.1) is 33.6 Å². The molecule has 0 spiro atoms. The van der Waals surface area contributed by atoms with Crippen LogP contribution in [0.4, 0.5) is 16.2 Å². The highest BCUT2D eigenvalue weighted by Crippen LogP contribution is 2.31. The first-order valence-electron chi connectivity index (χ1n) is 13.8. The topological polar surface area (TPSA) is 180 Å². The number of carbonyl (C=O) groups excluding carboxylic acids is 2. The smallest absolute Gasteiger partial charge is 0.321 e. The number of anilines is 2. The van der Waals surface area contributed by atoms with Gasteiger partial charge in [-0.3, -0.25) is 9.52 Å². The number of fused-ring (bicyclic) bond motifs is 1. The van der Waals surface area contributed by atoms with Crippen molar-refractivity contribution in [3.63, 3.8) is 0 Å². The fourth-order valence-corrected chi connectivity index (χ4v) is 6.37. The van der Waals surface area contributed by atoms with E-state index in [4.69, 9.17) is 13.8 Å². The van der Waals surface area contributed by atoms with Crippen molar-refractivity contribution in [3.8, 4) is 5.75 Å². The third kappa shape index (κ3) is 6.94. The van der Waals surface area contributed by atoms with Crippen molar-refractivity contribution < 1.29 is 36.9 Å². The Balaban J connectivity index is 1.64. The molecule has 3 aromatic rings. The van der Waals surface area contributed by atoms with Gasteiger partial charge in [0.25, 0.3) is 10.0 Å². The largest absolute Gasteiger partial charge is 0.488 e. The minimum atomic E-state index is -4.03. The van der Waals surface area contributed by atoms with E-state index in [9.17, 15) is 23.1 Å². The molecule has 0 fully saturated rings. The van der Waals surface area contributed by atoms with E-state index in [2.05, 4.69) is 20.4 Å². The predicted octanol–water partition coefficient (Wildman–Crippen LogP) is 3.01. The van der Waals surface area contributed by atoms with Gasteiger partial charge in [-0.1, -0.05) is 17.2 Å². The van der Waals surface area contributed by atoms with Gasteiger partial charge >= 0.3 is 6.03 Å². The maximum absolute atomic E-state index is 13.5. The van der Waals surface area contributed by atoms with E-state index in [0.29, 0.717) is 28.5 Å². The summed E-state index contributed by atoms with van der Waals surface area (Å²) < 4.78 is 45.4. The van der Waals surface area contributed by atoms with E-state index in [0.717, 1.165) is 0 Å². The average Bonchev–Trinajstić information content (AvgIpc) is 3.47. The summed E-state index contributed by atoms with van der Waals surface area (Å²) in [6.07, 6.45) is -0.661. The van der Waals surface area contributed by atoms with Crippen LogP contribution in [0.2, 0.25) is 0 Å². The third-order valence-electron chi connectivity index (χ3n) is 7.47. The molecule has 1 aliphatic rings. The van der Waals surface area contributed by atoms with Gasteiger partial charge in [0.05, 0.1) is 25.6 Å². The molecule has 0 unspecified atom stereocenters. The molecule has 15 heteroatoms. The Kier molecular flexibility index (Phi) is 9.35. The first kappa shape index (κ1) is 31.8. The summed E-state index contributed by atoms with van der Waals surface area (Å²) in [6, 6.07) is 3.82. The molecule has 14 nitrogen and oxygen atoms in total. The molecule has 2 aromatic heterocycles. The Hall–Kier alpha value is -4.11. The maximum atomic E-state index is 13.5. The number of nitrogens with one attached hydrogen (secondary N) is 2. The van der Waals surface area contributed by atoms with Gasteiger partial charge in [0.2, 0.25) is 5.91 Å². The highest BCUT2D eigenvalue weighted by molar-refractivity contribution is 7.92. The number of aromatic nitrogens is 2. The lowest BCUT2D eigenvalue weighted by molar-refractivity contribution is -0.134. The Bertz CT molecular complexity index is 1560. The van der Waals surface area contributed by atoms with E-state index < -0.39 is 28.2 Å². The van der Waals surface area contributed by atoms with Crippen molar-refractivity contribution >= 4 is 33.3 Å². The number of benzene rings is 1. The van der Waals surface area contributed by atoms with Crippen molar-refractivity contribution in [2.75, 3.05) is 36.8 Å². The van der Waals surface area contributed by atoms with Crippen molar-refractivity contribution in [2.45, 2.75) is 65.0 Å². The number of nitrogens with zero attached hydrogens (tertiary/aromatic N) is 4. The number of ether oxygens (including phenoxy) is 1. The molecule has 0 saturated heterocycles. The molecule has 3 N–H and O–H groups in total. The highest BCUT2D eigenvalue weighted by atomic mass is 32.2. The van der Waals surface area contributed by atoms with Crippen LogP contribution in [0.5, 0.6) is 5.75 Å². The van der Waals surface area contributed by atoms with E-state index in [1.54, 1.807) is 50.9 Å². The highest BCUT2D eigenvalue weighted by Gasteiger charge is 2.32. The molecule has 1 aromatic carbocycles. The first-order valence-corrected chi connectivity index (χ1v) is 15.3. The zero-order chi connectivity index (χ0) is 31.6. The fourth-order valence-electron chi connectivity index (χ4n) is 4.99. The molecule has 3 atom stereocenters. The third-order valence-corrected chi connectivity index (χ3v) is 9.10. The Morgan fingerprint density at radius 1 is 1.16 bits per heavy atom. The molecule has 0 saturated carbocycles. The van der Waals surface area contributed by atoms with Gasteiger partial charge in [-0.05, 0) is 52.8 Å². The monoisotopic (exact) mass is 618 g/mol. The van der Waals surface area contributed by atoms with Gasteiger partial charge in [0, 0.05) is 30.8 Å². The minimum absolute atomic E-state index is 0.0573. The van der Waals surface area contributed by atoms with Crippen LogP contribution in [0.3, 0.4) is 0 Å². The summed E-state index contributed by atoms with van der Waals surface area (Å²) in [5, 5.41) is 20.3. The SMILES string of the molecule is Cc1noc(C)c1NC(=O)N(C)C[C@@H]1Oc2ccc(NS(=O)(=O)c3c(C)noc3C)cc2CC(=O)N([C@H](C)CO)C[C@H]1C. The van der Waals surface area contributed by atoms with Crippen LogP contribution >= 0.6 is 0 Å². The Morgan fingerprint density at radius 3 is 2.44 bits per heavy atom. The number of aliphatic hydroxyl groups excluding tert-OH is 1. The molecule has 43 heavy (non-hydrogen) atoms. The van der Waals surface area contributed by atoms with Crippen LogP contribution in [-0.4, -0.2) is 84.5 Å². The lowest BCUT2D eigenvalue weighted by Crippen LogP contribution is -2.48. The Labute approximate surface area is 250 Å². The quantitative estimate of drug-likeness (QED) is 0.340. The van der Waals surface area contributed by atoms with Crippen LogP contribution in [0.25, 0.3) is 0 Å². The zero-order valence-electron chi connectivity index (χ0n) is 25.3. The van der Waals surface area contributed by atoms with Crippen molar-refractivity contribution in [3.05, 3.63) is 46.7 Å². The normalized spacial score (nSPS) is 18.1. The fraction of sp³-hybridized carbons (Fsp3) is 0.500. The number of aliphatic hydroxyl groups is 1. The maximum Gasteiger partial charge on any atom is 0.321 e. The number of likely N-dealkylation sites (N-methyl/N-ethyl adjacent to an activating group) is 1. The van der Waals surface area contributed by atoms with Gasteiger partial charge in [0.1, 0.15) is 28.9 Å². The number of urea groups is 1. The van der Waals surface area contributed by atoms with Gasteiger partial charge in [-0.25, -0.2) is 13.2 Å². The van der Waals surface area contributed by atoms with Crippen LogP contribution in [0.15, 0.2) is 32.1 Å². The summed E-state index contributed by atoms with van der Waals surface area (Å²) in [7, 11) is -2.41. The van der Waals surface area contributed by atoms with Crippen LogP contribution < -0.4 is 14.8 Å². The summed E-state index contributed by atoms with van der Waals surface area (Å²) in [6.45, 7) is 10.3. The van der Waals surface area contributed by atoms with Gasteiger partial charge in [-0.15, -0.1) is 0 Å². The molecule has 3 amide bonds. The van der Waals surface area contributed by atoms with Gasteiger partial charge < -0.3 is 34.0 Å². The summed E-state index contributed by atoms with van der Waals surface area (Å²) in [4.78, 5) is 29.6. The lowest BCUT2D eigenvalue weighted by Gasteiger charge is -2.34. The molecular formula is C28H38N6O8S. The first-order chi connectivity index (χ1) is 20.2. The number of carbonyl (C=O) groups is 2. The average molecular weight is 619 g/mol. The van der Waals surface area contributed by atoms with Gasteiger partial charge in [0.15, 0.2) is 16.4 Å². The number of hydrogen-bond donors (Lipinski definition) is 3. The molecular weight excluding hydrogens is 580 g/mol. The van der Waals surface area contributed by atoms with Crippen molar-refractivity contribution in [1.82, 2.24) is 20.1 Å². The van der Waals surface area contributed by atoms with E-state index in [1.165, 1.54) is 18.7 Å². The second-order valence-electron chi connectivity index (χ2n) is 11.0. The zero-order valence-corrected chi connectivity index (χ0v) is 26.1. The van der Waals surface area contributed by atoms with Crippen LogP contribution in [0.1, 0.15) is 42.3 Å². The molecule has 4 rings (SSSR count). The van der Waals surface area contributed by atoms with Gasteiger partial charge in [-0.2, -0.15) is 0 Å². The second kappa shape index (κ2) is 12.6. The van der Waals surface area contributed by atoms with E-state index in [-0.39, 0.29) is 60.0 Å². The minimum Gasteiger partial charge on any atom is -0.488 e. The molecule has 0 aliphatic carbocycles. The lowest BCUT2D eigenvalue weighted by atomic mass is 10.0. The molecule has 0 radical (unpaired) electrons. The summed E-state index contributed by atoms with van der Waals surface area (Å²) >= 11 is 0. The molecule has 234 valence electrons. The molecule has 3 heterocycles. The van der Waals surface area contributed by atoms with E-state index in [1.807, 2.05) is 6.92 Å². The van der Waals surface area contributed by atoms with Crippen LogP contribution in [-0.2, 0) is 21.2 Å². The number of sulfonamides is 1. The number of hydrogen-bond acceptors (Lipinski definition) is 10. The summed E-state index contributed by atoms with van der Waals surface area (Å²) in [5.41, 5.74) is 1.93. The van der Waals surface area contributed by atoms with E-state index >= 15 is 0 Å². The summed E-state index contributed by atoms with van der Waals surface area (Å²) in [5.74, 6) is 0.501. The standard InChI is InChI=1S/C28H38N6O8S/c1-15-12-34(16(2)14-35)25(36)11-21-10-22(32-43(38,39)27-18(4)31-42-20(27)6)8-9-23(21)40-24(15)13-33(7)28(37)29-26-17(3)30-41-19(26)5/h8-10,15-16,24,32,35H,11-14H2,1-7H3,(H,29,37)/t15-,16-,24+/m1/s1. The number of aryl methyl sites for hydroxylation is 4. The predicted molar refractivity (Wildman–Crippen MR) is 156 cm³/mol. The number of rotatable bonds is 8.